The summed E-state index contributed by atoms with van der Waals surface area (Å²) in [5.41, 5.74) is 5.62. The average molecular weight is 541 g/mol. The highest BCUT2D eigenvalue weighted by molar-refractivity contribution is 5.94. The molecule has 0 unspecified atom stereocenters. The number of nitrogens with one attached hydrogen (secondary N) is 1. The minimum Gasteiger partial charge on any atom is -0.453 e. The van der Waals surface area contributed by atoms with Crippen molar-refractivity contribution in [3.05, 3.63) is 87.9 Å². The van der Waals surface area contributed by atoms with Crippen LogP contribution < -0.4 is 16.6 Å². The number of Topliss-reactive ketones (excluding diaryl/α,β-unsaturated/α-hetero) is 1. The largest absolute Gasteiger partial charge is 0.453 e. The van der Waals surface area contributed by atoms with Gasteiger partial charge >= 0.3 is 6.09 Å². The van der Waals surface area contributed by atoms with E-state index >= 15 is 0 Å². The summed E-state index contributed by atoms with van der Waals surface area (Å²) in [6.45, 7) is 4.71. The highest BCUT2D eigenvalue weighted by Gasteiger charge is 2.37. The first-order valence-electron chi connectivity index (χ1n) is 12.2. The van der Waals surface area contributed by atoms with E-state index in [1.54, 1.807) is 18.2 Å². The van der Waals surface area contributed by atoms with Crippen molar-refractivity contribution in [2.75, 3.05) is 7.11 Å². The Morgan fingerprint density at radius 3 is 2.69 bits per heavy atom. The number of alkyl carbamates (subject to hydrolysis) is 1. The number of benzene rings is 1. The van der Waals surface area contributed by atoms with Gasteiger partial charge in [0.1, 0.15) is 0 Å². The first kappa shape index (κ1) is 29.2. The summed E-state index contributed by atoms with van der Waals surface area (Å²) in [5, 5.41) is 2.45. The molecule has 1 atom stereocenters. The number of hydrogen-bond acceptors (Lipinski definition) is 6. The number of pyridine rings is 1. The number of rotatable bonds is 12. The first-order chi connectivity index (χ1) is 18.4. The van der Waals surface area contributed by atoms with Crippen molar-refractivity contribution in [2.24, 2.45) is 10.7 Å². The maximum Gasteiger partial charge on any atom is 0.407 e. The van der Waals surface area contributed by atoms with Gasteiger partial charge in [-0.3, -0.25) is 19.4 Å². The Hall–Kier alpha value is -4.41. The van der Waals surface area contributed by atoms with Crippen LogP contribution in [0.2, 0.25) is 0 Å². The molecule has 0 bridgehead atoms. The number of fused-ring (bicyclic) bond motifs is 1. The number of amides is 2. The quantitative estimate of drug-likeness (QED) is 0.314. The van der Waals surface area contributed by atoms with E-state index < -0.39 is 35.3 Å². The fourth-order valence-corrected chi connectivity index (χ4v) is 4.19. The lowest BCUT2D eigenvalue weighted by Crippen LogP contribution is -2.42. The lowest BCUT2D eigenvalue weighted by Gasteiger charge is -2.18. The summed E-state index contributed by atoms with van der Waals surface area (Å²) in [6, 6.07) is 6.73. The van der Waals surface area contributed by atoms with Gasteiger partial charge in [0.15, 0.2) is 5.78 Å². The molecule has 0 fully saturated rings. The number of alkyl halides is 2. The number of carbonyl (C=O) groups is 3. The third-order valence-corrected chi connectivity index (χ3v) is 6.25. The van der Waals surface area contributed by atoms with Crippen LogP contribution in [0.15, 0.2) is 70.6 Å². The van der Waals surface area contributed by atoms with Crippen LogP contribution in [0, 0.1) is 0 Å². The number of ether oxygens (including phenoxy) is 1. The van der Waals surface area contributed by atoms with E-state index in [9.17, 15) is 28.0 Å². The lowest BCUT2D eigenvalue weighted by molar-refractivity contribution is -0.120. The van der Waals surface area contributed by atoms with Gasteiger partial charge in [-0.25, -0.2) is 4.79 Å². The molecule has 2 heterocycles. The molecule has 3 N–H and O–H groups in total. The zero-order chi connectivity index (χ0) is 28.7. The van der Waals surface area contributed by atoms with Gasteiger partial charge in [-0.2, -0.15) is 8.78 Å². The molecule has 11 heteroatoms. The van der Waals surface area contributed by atoms with E-state index in [1.807, 2.05) is 0 Å². The van der Waals surface area contributed by atoms with Gasteiger partial charge in [0.25, 0.3) is 11.5 Å². The number of methoxy groups -OCH3 is 1. The summed E-state index contributed by atoms with van der Waals surface area (Å²) in [5.74, 6) is -4.31. The van der Waals surface area contributed by atoms with Crippen molar-refractivity contribution in [2.45, 2.75) is 51.1 Å². The first-order valence-corrected chi connectivity index (χ1v) is 12.2. The monoisotopic (exact) mass is 540 g/mol. The second-order valence-electron chi connectivity index (χ2n) is 9.20. The molecule has 206 valence electrons. The van der Waals surface area contributed by atoms with Crippen LogP contribution in [-0.4, -0.2) is 41.2 Å². The van der Waals surface area contributed by atoms with Crippen molar-refractivity contribution in [1.82, 2.24) is 9.88 Å². The van der Waals surface area contributed by atoms with Gasteiger partial charge in [0.05, 0.1) is 30.9 Å². The van der Waals surface area contributed by atoms with E-state index in [-0.39, 0.29) is 48.2 Å². The number of para-hydroxylation sites is 1. The molecule has 0 radical (unpaired) electrons. The number of hydrogen-bond donors (Lipinski definition) is 2. The number of primary amides is 1. The fourth-order valence-electron chi connectivity index (χ4n) is 4.19. The molecule has 9 nitrogen and oxygen atoms in total. The van der Waals surface area contributed by atoms with Crippen LogP contribution in [0.3, 0.4) is 0 Å². The third kappa shape index (κ3) is 7.13. The summed E-state index contributed by atoms with van der Waals surface area (Å²) in [6.07, 6.45) is 3.82. The summed E-state index contributed by atoms with van der Waals surface area (Å²) < 4.78 is 35.4. The number of aromatic nitrogens is 1. The second-order valence-corrected chi connectivity index (χ2v) is 9.20. The molecule has 1 aliphatic heterocycles. The van der Waals surface area contributed by atoms with Gasteiger partial charge in [-0.1, -0.05) is 36.9 Å². The van der Waals surface area contributed by atoms with Crippen LogP contribution in [0.25, 0.3) is 0 Å². The smallest absolute Gasteiger partial charge is 0.407 e. The second kappa shape index (κ2) is 12.4. The minimum atomic E-state index is -3.24. The number of nitrogens with zero attached hydrogens (tertiary/aromatic N) is 2. The van der Waals surface area contributed by atoms with Crippen molar-refractivity contribution in [3.63, 3.8) is 0 Å². The minimum absolute atomic E-state index is 0.0510. The number of carbonyl (C=O) groups excluding carboxylic acids is 3. The van der Waals surface area contributed by atoms with Gasteiger partial charge in [0, 0.05) is 30.3 Å². The standard InChI is InChI=1S/C28H30F2N4O5/c1-17(2)28(29,30)21-10-6-8-18-14-20(32-25(18)21)16-34-13-7-9-19(26(34)37)15-23(35)22(33-27(38)39-3)11-4-5-12-24(31)36/h5-10,12-13,22H,1,4,11,14-16H2,2-3H3,(H2,31,36)(H,33,38)/b12-5+/t22-/m0/s1. The average Bonchev–Trinajstić information content (AvgIpc) is 3.30. The van der Waals surface area contributed by atoms with Crippen LogP contribution in [0.5, 0.6) is 0 Å². The maximum absolute atomic E-state index is 14.7. The normalized spacial score (nSPS) is 13.5. The fraction of sp³-hybridized carbons (Fsp3) is 0.321. The Bertz CT molecular complexity index is 1410. The molecule has 0 saturated carbocycles. The van der Waals surface area contributed by atoms with E-state index in [4.69, 9.17) is 5.73 Å². The van der Waals surface area contributed by atoms with Crippen molar-refractivity contribution in [1.29, 1.82) is 0 Å². The molecule has 1 aliphatic rings. The lowest BCUT2D eigenvalue weighted by atomic mass is 9.97. The van der Waals surface area contributed by atoms with Gasteiger partial charge < -0.3 is 20.4 Å². The number of ketones is 1. The Balaban J connectivity index is 1.79. The number of halogens is 2. The summed E-state index contributed by atoms with van der Waals surface area (Å²) in [7, 11) is 1.16. The molecule has 0 aliphatic carbocycles. The summed E-state index contributed by atoms with van der Waals surface area (Å²) in [4.78, 5) is 53.2. The molecule has 0 saturated heterocycles. The number of aliphatic imine (C=N–C) groups is 1. The van der Waals surface area contributed by atoms with Crippen LogP contribution in [0.1, 0.15) is 36.5 Å². The highest BCUT2D eigenvalue weighted by atomic mass is 19.3. The zero-order valence-corrected chi connectivity index (χ0v) is 21.7. The summed E-state index contributed by atoms with van der Waals surface area (Å²) >= 11 is 0. The number of allylic oxidation sites excluding steroid dienone is 2. The Morgan fingerprint density at radius 2 is 2.03 bits per heavy atom. The molecule has 1 aromatic carbocycles. The van der Waals surface area contributed by atoms with E-state index in [0.29, 0.717) is 17.7 Å². The number of nitrogens with two attached hydrogens (primary N) is 1. The molecule has 3 rings (SSSR count). The molecular formula is C28H30F2N4O5. The molecule has 1 aromatic heterocycles. The highest BCUT2D eigenvalue weighted by Crippen LogP contribution is 2.43. The van der Waals surface area contributed by atoms with Crippen LogP contribution in [-0.2, 0) is 39.6 Å². The van der Waals surface area contributed by atoms with Gasteiger partial charge in [0.2, 0.25) is 5.91 Å². The molecule has 2 amide bonds. The molecular weight excluding hydrogens is 510 g/mol. The van der Waals surface area contributed by atoms with Crippen molar-refractivity contribution >= 4 is 29.2 Å². The van der Waals surface area contributed by atoms with Crippen molar-refractivity contribution in [3.8, 4) is 0 Å². The molecule has 0 spiro atoms. The van der Waals surface area contributed by atoms with Crippen molar-refractivity contribution < 1.29 is 27.9 Å². The third-order valence-electron chi connectivity index (χ3n) is 6.25. The predicted molar refractivity (Wildman–Crippen MR) is 142 cm³/mol. The van der Waals surface area contributed by atoms with E-state index in [0.717, 1.165) is 13.2 Å². The molecule has 39 heavy (non-hydrogen) atoms. The Labute approximate surface area is 224 Å². The van der Waals surface area contributed by atoms with E-state index in [2.05, 4.69) is 21.6 Å². The maximum atomic E-state index is 14.7. The zero-order valence-electron chi connectivity index (χ0n) is 21.7. The molecule has 2 aromatic rings. The van der Waals surface area contributed by atoms with Crippen LogP contribution >= 0.6 is 0 Å². The predicted octanol–water partition coefficient (Wildman–Crippen LogP) is 3.50. The SMILES string of the molecule is C=C(C)C(F)(F)c1cccc2c1N=C(Cn1cccc(CC(=O)[C@H](CC/C=C/C(N)=O)NC(=O)OC)c1=O)C2. The Morgan fingerprint density at radius 1 is 1.28 bits per heavy atom. The van der Waals surface area contributed by atoms with Crippen LogP contribution in [0.4, 0.5) is 19.3 Å². The van der Waals surface area contributed by atoms with Gasteiger partial charge in [-0.05, 0) is 43.0 Å². The van der Waals surface area contributed by atoms with Gasteiger partial charge in [-0.15, -0.1) is 0 Å². The Kier molecular flexibility index (Phi) is 9.29. The van der Waals surface area contributed by atoms with E-state index in [1.165, 1.54) is 35.9 Å². The topological polar surface area (TPSA) is 133 Å².